The molecule has 3 heterocycles. The Bertz CT molecular complexity index is 717. The molecule has 3 aromatic rings. The summed E-state index contributed by atoms with van der Waals surface area (Å²) in [6.07, 6.45) is 2.76. The smallest absolute Gasteiger partial charge is 0.241 e. The average molecular weight is 289 g/mol. The number of anilines is 2. The second-order valence-corrected chi connectivity index (χ2v) is 5.50. The minimum atomic E-state index is 0.352. The van der Waals surface area contributed by atoms with Crippen LogP contribution in [0.3, 0.4) is 0 Å². The van der Waals surface area contributed by atoms with Crippen molar-refractivity contribution >= 4 is 34.1 Å². The highest BCUT2D eigenvalue weighted by Crippen LogP contribution is 2.22. The number of aromatic amines is 1. The molecular weight excluding hydrogens is 274 g/mol. The number of fused-ring (bicyclic) bond motifs is 1. The van der Waals surface area contributed by atoms with E-state index in [9.17, 15) is 0 Å². The fraction of sp³-hybridized carbons (Fsp3) is 0.250. The van der Waals surface area contributed by atoms with Crippen LogP contribution in [0.1, 0.15) is 16.7 Å². The van der Waals surface area contributed by atoms with Gasteiger partial charge in [0.05, 0.1) is 18.1 Å². The molecule has 3 aromatic heterocycles. The average Bonchev–Trinajstić information content (AvgIpc) is 3.12. The number of hydrogen-bond acceptors (Lipinski definition) is 7. The van der Waals surface area contributed by atoms with E-state index in [-0.39, 0.29) is 0 Å². The molecule has 104 valence electrons. The van der Waals surface area contributed by atoms with E-state index in [2.05, 4.69) is 50.0 Å². The van der Waals surface area contributed by atoms with Gasteiger partial charge in [-0.25, -0.2) is 5.84 Å². The molecule has 8 heteroatoms. The number of aryl methyl sites for hydroxylation is 1. The standard InChI is InChI=1S/C12H15N7S/c1-2-7-3-4-8(20-7)5-14-10-9-6-15-19-11(9)17-12(16-10)18-13/h3-4,6H,2,5,13H2,1H3,(H3,14,15,16,17,18,19). The van der Waals surface area contributed by atoms with Gasteiger partial charge in [0.25, 0.3) is 0 Å². The molecule has 0 aliphatic rings. The fourth-order valence-electron chi connectivity index (χ4n) is 1.91. The molecule has 0 saturated heterocycles. The van der Waals surface area contributed by atoms with Crippen LogP contribution in [0.4, 0.5) is 11.8 Å². The van der Waals surface area contributed by atoms with Crippen LogP contribution in [0, 0.1) is 0 Å². The van der Waals surface area contributed by atoms with Crippen LogP contribution in [0.5, 0.6) is 0 Å². The van der Waals surface area contributed by atoms with Crippen molar-refractivity contribution in [3.63, 3.8) is 0 Å². The van der Waals surface area contributed by atoms with Crippen LogP contribution in [0.2, 0.25) is 0 Å². The van der Waals surface area contributed by atoms with Crippen molar-refractivity contribution in [2.24, 2.45) is 5.84 Å². The van der Waals surface area contributed by atoms with E-state index >= 15 is 0 Å². The van der Waals surface area contributed by atoms with Crippen LogP contribution >= 0.6 is 11.3 Å². The van der Waals surface area contributed by atoms with E-state index in [1.54, 1.807) is 17.5 Å². The molecule has 0 bridgehead atoms. The summed E-state index contributed by atoms with van der Waals surface area (Å²) in [6.45, 7) is 2.87. The van der Waals surface area contributed by atoms with Crippen LogP contribution < -0.4 is 16.6 Å². The van der Waals surface area contributed by atoms with Crippen LogP contribution in [-0.4, -0.2) is 20.2 Å². The van der Waals surface area contributed by atoms with Gasteiger partial charge in [0, 0.05) is 9.75 Å². The first-order chi connectivity index (χ1) is 9.80. The van der Waals surface area contributed by atoms with E-state index in [0.717, 1.165) is 11.8 Å². The van der Waals surface area contributed by atoms with E-state index in [1.807, 2.05) is 0 Å². The molecule has 20 heavy (non-hydrogen) atoms. The minimum Gasteiger partial charge on any atom is -0.364 e. The van der Waals surface area contributed by atoms with Gasteiger partial charge in [0.15, 0.2) is 5.65 Å². The highest BCUT2D eigenvalue weighted by atomic mass is 32.1. The summed E-state index contributed by atoms with van der Waals surface area (Å²) in [4.78, 5) is 11.1. The lowest BCUT2D eigenvalue weighted by molar-refractivity contribution is 1.07. The summed E-state index contributed by atoms with van der Waals surface area (Å²) in [5.74, 6) is 6.43. The Morgan fingerprint density at radius 2 is 2.15 bits per heavy atom. The summed E-state index contributed by atoms with van der Waals surface area (Å²) >= 11 is 1.80. The first-order valence-electron chi connectivity index (χ1n) is 6.29. The van der Waals surface area contributed by atoms with E-state index in [4.69, 9.17) is 5.84 Å². The molecule has 0 aliphatic carbocycles. The van der Waals surface area contributed by atoms with Gasteiger partial charge < -0.3 is 5.32 Å². The zero-order valence-electron chi connectivity index (χ0n) is 11.0. The molecule has 0 radical (unpaired) electrons. The normalized spacial score (nSPS) is 10.9. The monoisotopic (exact) mass is 289 g/mol. The van der Waals surface area contributed by atoms with Crippen molar-refractivity contribution < 1.29 is 0 Å². The second-order valence-electron chi connectivity index (χ2n) is 4.25. The van der Waals surface area contributed by atoms with Crippen molar-refractivity contribution in [2.75, 3.05) is 10.7 Å². The molecule has 3 rings (SSSR count). The van der Waals surface area contributed by atoms with Crippen LogP contribution in [0.25, 0.3) is 11.0 Å². The molecule has 7 nitrogen and oxygen atoms in total. The predicted molar refractivity (Wildman–Crippen MR) is 80.5 cm³/mol. The highest BCUT2D eigenvalue weighted by molar-refractivity contribution is 7.12. The van der Waals surface area contributed by atoms with Crippen LogP contribution in [0.15, 0.2) is 18.3 Å². The molecule has 0 amide bonds. The summed E-state index contributed by atoms with van der Waals surface area (Å²) in [7, 11) is 0. The maximum Gasteiger partial charge on any atom is 0.241 e. The topological polar surface area (TPSA) is 105 Å². The van der Waals surface area contributed by atoms with Gasteiger partial charge in [-0.3, -0.25) is 10.5 Å². The molecular formula is C12H15N7S. The first kappa shape index (κ1) is 12.8. The summed E-state index contributed by atoms with van der Waals surface area (Å²) < 4.78 is 0. The number of nitrogens with one attached hydrogen (secondary N) is 3. The highest BCUT2D eigenvalue weighted by Gasteiger charge is 2.09. The third-order valence-electron chi connectivity index (χ3n) is 2.93. The Hall–Kier alpha value is -2.19. The Kier molecular flexibility index (Phi) is 3.48. The number of hydrogen-bond donors (Lipinski definition) is 4. The number of rotatable bonds is 5. The van der Waals surface area contributed by atoms with Gasteiger partial charge in [0.2, 0.25) is 5.95 Å². The molecule has 0 fully saturated rings. The van der Waals surface area contributed by atoms with Gasteiger partial charge in [-0.2, -0.15) is 15.1 Å². The predicted octanol–water partition coefficient (Wildman–Crippen LogP) is 1.87. The van der Waals surface area contributed by atoms with Crippen molar-refractivity contribution in [1.82, 2.24) is 20.2 Å². The fourth-order valence-corrected chi connectivity index (χ4v) is 2.81. The lowest BCUT2D eigenvalue weighted by atomic mass is 10.3. The zero-order valence-corrected chi connectivity index (χ0v) is 11.8. The first-order valence-corrected chi connectivity index (χ1v) is 7.11. The SMILES string of the molecule is CCc1ccc(CNc2nc(NN)nc3[nH]ncc23)s1. The Morgan fingerprint density at radius 1 is 1.30 bits per heavy atom. The third kappa shape index (κ3) is 2.43. The Morgan fingerprint density at radius 3 is 2.90 bits per heavy atom. The number of nitrogens with two attached hydrogens (primary N) is 1. The maximum atomic E-state index is 5.37. The van der Waals surface area contributed by atoms with Gasteiger partial charge in [0.1, 0.15) is 5.82 Å². The molecule has 0 atom stereocenters. The number of nitrogen functional groups attached to an aromatic ring is 1. The number of hydrazine groups is 1. The van der Waals surface area contributed by atoms with Crippen molar-refractivity contribution in [1.29, 1.82) is 0 Å². The minimum absolute atomic E-state index is 0.352. The summed E-state index contributed by atoms with van der Waals surface area (Å²) in [5.41, 5.74) is 3.10. The second kappa shape index (κ2) is 5.43. The molecule has 0 spiro atoms. The molecule has 0 aromatic carbocycles. The summed E-state index contributed by atoms with van der Waals surface area (Å²) in [6, 6.07) is 4.29. The summed E-state index contributed by atoms with van der Waals surface area (Å²) in [5, 5.41) is 10.9. The molecule has 0 saturated carbocycles. The Balaban J connectivity index is 1.84. The Labute approximate surface area is 119 Å². The number of thiophene rings is 1. The van der Waals surface area contributed by atoms with Gasteiger partial charge in [-0.15, -0.1) is 11.3 Å². The lowest BCUT2D eigenvalue weighted by Gasteiger charge is -2.06. The van der Waals surface area contributed by atoms with Crippen molar-refractivity contribution in [3.05, 3.63) is 28.1 Å². The maximum absolute atomic E-state index is 5.37. The van der Waals surface area contributed by atoms with Gasteiger partial charge in [-0.1, -0.05) is 6.92 Å². The third-order valence-corrected chi connectivity index (χ3v) is 4.16. The van der Waals surface area contributed by atoms with E-state index < -0.39 is 0 Å². The molecule has 0 unspecified atom stereocenters. The molecule has 0 aliphatic heterocycles. The van der Waals surface area contributed by atoms with Gasteiger partial charge >= 0.3 is 0 Å². The van der Waals surface area contributed by atoms with Crippen molar-refractivity contribution in [3.8, 4) is 0 Å². The zero-order chi connectivity index (χ0) is 13.9. The van der Waals surface area contributed by atoms with E-state index in [1.165, 1.54) is 9.75 Å². The quantitative estimate of drug-likeness (QED) is 0.422. The molecule has 5 N–H and O–H groups in total. The van der Waals surface area contributed by atoms with Crippen LogP contribution in [-0.2, 0) is 13.0 Å². The van der Waals surface area contributed by atoms with E-state index in [0.29, 0.717) is 24.0 Å². The number of H-pyrrole nitrogens is 1. The van der Waals surface area contributed by atoms with Gasteiger partial charge in [-0.05, 0) is 18.6 Å². The largest absolute Gasteiger partial charge is 0.364 e. The number of aromatic nitrogens is 4. The lowest BCUT2D eigenvalue weighted by Crippen LogP contribution is -2.12. The number of nitrogens with zero attached hydrogens (tertiary/aromatic N) is 3. The van der Waals surface area contributed by atoms with Crippen molar-refractivity contribution in [2.45, 2.75) is 19.9 Å².